The van der Waals surface area contributed by atoms with Crippen LogP contribution in [-0.4, -0.2) is 47.0 Å². The van der Waals surface area contributed by atoms with Crippen molar-refractivity contribution >= 4 is 40.7 Å². The molecule has 1 aliphatic rings. The molecular weight excluding hydrogens is 543 g/mol. The Morgan fingerprint density at radius 2 is 1.77 bits per heavy atom. The summed E-state index contributed by atoms with van der Waals surface area (Å²) >= 11 is 12.6. The molecule has 1 aliphatic heterocycles. The molecular formula is C27H24Cl2N6O4. The van der Waals surface area contributed by atoms with Crippen LogP contribution in [0.25, 0.3) is 11.4 Å². The van der Waals surface area contributed by atoms with Gasteiger partial charge in [-0.2, -0.15) is 4.98 Å². The third-order valence-corrected chi connectivity index (χ3v) is 6.94. The minimum atomic E-state index is -0.670. The molecule has 5 rings (SSSR count). The van der Waals surface area contributed by atoms with Gasteiger partial charge < -0.3 is 24.8 Å². The quantitative estimate of drug-likeness (QED) is 0.297. The predicted molar refractivity (Wildman–Crippen MR) is 149 cm³/mol. The molecule has 0 bridgehead atoms. The molecule has 0 fully saturated rings. The second-order valence-corrected chi connectivity index (χ2v) is 9.37. The van der Waals surface area contributed by atoms with Crippen LogP contribution >= 0.6 is 23.2 Å². The number of fused-ring (bicyclic) bond motifs is 1. The number of methoxy groups -OCH3 is 3. The van der Waals surface area contributed by atoms with Gasteiger partial charge in [0.05, 0.1) is 48.8 Å². The highest BCUT2D eigenvalue weighted by atomic mass is 35.5. The number of carbonyl (C=O) groups excluding carboxylic acids is 1. The van der Waals surface area contributed by atoms with E-state index in [2.05, 4.69) is 15.6 Å². The lowest BCUT2D eigenvalue weighted by Crippen LogP contribution is -2.31. The molecule has 0 aliphatic carbocycles. The standard InChI is InChI=1S/C27H24Cl2N6O4/c1-14-22(26(36)32-17-6-5-9-30-13-17)23(15-7-8-18(28)19(29)10-15)35-27(31-14)33-25(34-35)16-11-20(37-2)24(39-4)21(12-16)38-3/h5-13,23H,1-4H3,(H,32,36)(H,31,33,34). The van der Waals surface area contributed by atoms with E-state index in [1.807, 2.05) is 0 Å². The third-order valence-electron chi connectivity index (χ3n) is 6.20. The van der Waals surface area contributed by atoms with E-state index in [9.17, 15) is 4.79 Å². The van der Waals surface area contributed by atoms with Gasteiger partial charge in [0.1, 0.15) is 6.04 Å². The van der Waals surface area contributed by atoms with Crippen LogP contribution in [-0.2, 0) is 4.79 Å². The molecule has 10 nitrogen and oxygen atoms in total. The molecule has 39 heavy (non-hydrogen) atoms. The smallest absolute Gasteiger partial charge is 0.255 e. The van der Waals surface area contributed by atoms with E-state index in [1.54, 1.807) is 66.5 Å². The molecule has 1 amide bonds. The summed E-state index contributed by atoms with van der Waals surface area (Å²) in [5.74, 6) is 1.85. The van der Waals surface area contributed by atoms with Crippen LogP contribution in [0.15, 0.2) is 66.1 Å². The van der Waals surface area contributed by atoms with Crippen LogP contribution < -0.4 is 24.8 Å². The van der Waals surface area contributed by atoms with E-state index in [-0.39, 0.29) is 5.91 Å². The first-order chi connectivity index (χ1) is 18.8. The number of pyridine rings is 1. The van der Waals surface area contributed by atoms with Gasteiger partial charge in [-0.25, -0.2) is 4.68 Å². The van der Waals surface area contributed by atoms with Crippen molar-refractivity contribution in [3.63, 3.8) is 0 Å². The Hall–Kier alpha value is -4.28. The highest BCUT2D eigenvalue weighted by Gasteiger charge is 2.35. The van der Waals surface area contributed by atoms with Crippen molar-refractivity contribution in [1.82, 2.24) is 19.7 Å². The number of nitrogens with zero attached hydrogens (tertiary/aromatic N) is 4. The number of rotatable bonds is 7. The van der Waals surface area contributed by atoms with E-state index in [0.717, 1.165) is 0 Å². The average Bonchev–Trinajstić information content (AvgIpc) is 3.37. The van der Waals surface area contributed by atoms with E-state index in [1.165, 1.54) is 21.3 Å². The number of anilines is 2. The Bertz CT molecular complexity index is 1560. The summed E-state index contributed by atoms with van der Waals surface area (Å²) in [6.45, 7) is 1.81. The first kappa shape index (κ1) is 26.3. The van der Waals surface area contributed by atoms with Gasteiger partial charge in [-0.1, -0.05) is 29.3 Å². The molecule has 4 aromatic rings. The van der Waals surface area contributed by atoms with E-state index >= 15 is 0 Å². The van der Waals surface area contributed by atoms with Gasteiger partial charge in [0.15, 0.2) is 17.3 Å². The van der Waals surface area contributed by atoms with Crippen LogP contribution in [0, 0.1) is 0 Å². The number of aromatic nitrogens is 4. The number of ether oxygens (including phenoxy) is 3. The van der Waals surface area contributed by atoms with E-state index in [4.69, 9.17) is 47.5 Å². The van der Waals surface area contributed by atoms with Crippen LogP contribution in [0.4, 0.5) is 11.6 Å². The number of halogens is 2. The van der Waals surface area contributed by atoms with Crippen LogP contribution in [0.5, 0.6) is 17.2 Å². The largest absolute Gasteiger partial charge is 0.493 e. The maximum absolute atomic E-state index is 13.6. The summed E-state index contributed by atoms with van der Waals surface area (Å²) in [6.07, 6.45) is 3.20. The molecule has 0 radical (unpaired) electrons. The average molecular weight is 567 g/mol. The Labute approximate surface area is 234 Å². The summed E-state index contributed by atoms with van der Waals surface area (Å²) in [7, 11) is 4.61. The van der Waals surface area contributed by atoms with Crippen molar-refractivity contribution in [2.45, 2.75) is 13.0 Å². The van der Waals surface area contributed by atoms with Gasteiger partial charge in [0.2, 0.25) is 11.7 Å². The number of carbonyl (C=O) groups is 1. The van der Waals surface area contributed by atoms with Gasteiger partial charge in [0.25, 0.3) is 5.91 Å². The van der Waals surface area contributed by atoms with Crippen LogP contribution in [0.1, 0.15) is 18.5 Å². The SMILES string of the molecule is COc1cc(-c2nc3n(n2)C(c2ccc(Cl)c(Cl)c2)C(C(=O)Nc2cccnc2)=C(C)N3)cc(OC)c1OC. The Morgan fingerprint density at radius 3 is 2.38 bits per heavy atom. The fourth-order valence-electron chi connectivity index (χ4n) is 4.40. The number of nitrogens with one attached hydrogen (secondary N) is 2. The molecule has 1 unspecified atom stereocenters. The monoisotopic (exact) mass is 566 g/mol. The van der Waals surface area contributed by atoms with Crippen molar-refractivity contribution in [2.24, 2.45) is 0 Å². The summed E-state index contributed by atoms with van der Waals surface area (Å²) < 4.78 is 18.1. The molecule has 0 saturated carbocycles. The van der Waals surface area contributed by atoms with Crippen molar-refractivity contribution in [1.29, 1.82) is 0 Å². The van der Waals surface area contributed by atoms with Crippen molar-refractivity contribution in [2.75, 3.05) is 32.0 Å². The zero-order chi connectivity index (χ0) is 27.7. The second kappa shape index (κ2) is 10.8. The fraction of sp³-hybridized carbons (Fsp3) is 0.185. The Kier molecular flexibility index (Phi) is 7.32. The van der Waals surface area contributed by atoms with Gasteiger partial charge in [-0.15, -0.1) is 5.10 Å². The highest BCUT2D eigenvalue weighted by molar-refractivity contribution is 6.42. The van der Waals surface area contributed by atoms with Crippen LogP contribution in [0.2, 0.25) is 10.0 Å². The summed E-state index contributed by atoms with van der Waals surface area (Å²) in [5.41, 5.74) is 2.90. The Morgan fingerprint density at radius 1 is 1.03 bits per heavy atom. The molecule has 3 heterocycles. The molecule has 2 aromatic carbocycles. The maximum atomic E-state index is 13.6. The van der Waals surface area contributed by atoms with Crippen molar-refractivity contribution in [3.8, 4) is 28.6 Å². The third kappa shape index (κ3) is 4.96. The fourth-order valence-corrected chi connectivity index (χ4v) is 4.71. The van der Waals surface area contributed by atoms with Crippen molar-refractivity contribution in [3.05, 3.63) is 81.7 Å². The topological polar surface area (TPSA) is 112 Å². The molecule has 0 spiro atoms. The minimum absolute atomic E-state index is 0.334. The molecule has 2 N–H and O–H groups in total. The highest BCUT2D eigenvalue weighted by Crippen LogP contribution is 2.42. The van der Waals surface area contributed by atoms with Crippen molar-refractivity contribution < 1.29 is 19.0 Å². The first-order valence-electron chi connectivity index (χ1n) is 11.8. The van der Waals surface area contributed by atoms with Gasteiger partial charge in [-0.05, 0) is 48.9 Å². The minimum Gasteiger partial charge on any atom is -0.493 e. The summed E-state index contributed by atoms with van der Waals surface area (Å²) in [5, 5.41) is 11.7. The molecule has 12 heteroatoms. The predicted octanol–water partition coefficient (Wildman–Crippen LogP) is 5.60. The summed E-state index contributed by atoms with van der Waals surface area (Å²) in [6, 6.07) is 11.6. The second-order valence-electron chi connectivity index (χ2n) is 8.55. The zero-order valence-electron chi connectivity index (χ0n) is 21.5. The molecule has 2 aromatic heterocycles. The number of hydrogen-bond acceptors (Lipinski definition) is 8. The van der Waals surface area contributed by atoms with Gasteiger partial charge in [0, 0.05) is 17.5 Å². The summed E-state index contributed by atoms with van der Waals surface area (Å²) in [4.78, 5) is 22.4. The van der Waals surface area contributed by atoms with E-state index in [0.29, 0.717) is 67.2 Å². The lowest BCUT2D eigenvalue weighted by Gasteiger charge is -2.28. The first-order valence-corrected chi connectivity index (χ1v) is 12.5. The van der Waals surface area contributed by atoms with Gasteiger partial charge >= 0.3 is 0 Å². The molecule has 1 atom stereocenters. The number of hydrogen-bond donors (Lipinski definition) is 2. The lowest BCUT2D eigenvalue weighted by atomic mass is 9.95. The number of allylic oxidation sites excluding steroid dienone is 1. The van der Waals surface area contributed by atoms with Crippen LogP contribution in [0.3, 0.4) is 0 Å². The maximum Gasteiger partial charge on any atom is 0.255 e. The molecule has 0 saturated heterocycles. The number of benzene rings is 2. The van der Waals surface area contributed by atoms with Gasteiger partial charge in [-0.3, -0.25) is 9.78 Å². The zero-order valence-corrected chi connectivity index (χ0v) is 23.0. The Balaban J connectivity index is 1.64. The van der Waals surface area contributed by atoms with E-state index < -0.39 is 6.04 Å². The lowest BCUT2D eigenvalue weighted by molar-refractivity contribution is -0.113. The normalized spacial score (nSPS) is 14.4. The number of amides is 1. The molecule has 200 valence electrons.